The molecular formula is C17H19ClN2O. The first-order valence-corrected chi connectivity index (χ1v) is 7.32. The maximum Gasteiger partial charge on any atom is 0.255 e. The van der Waals surface area contributed by atoms with Crippen LogP contribution in [0.1, 0.15) is 21.5 Å². The number of rotatable bonds is 5. The third-order valence-corrected chi connectivity index (χ3v) is 3.34. The number of anilines is 1. The maximum atomic E-state index is 12.3. The molecule has 0 aliphatic rings. The molecule has 2 aromatic carbocycles. The fraction of sp³-hybridized carbons (Fsp3) is 0.235. The molecule has 2 rings (SSSR count). The molecule has 0 radical (unpaired) electrons. The highest BCUT2D eigenvalue weighted by Crippen LogP contribution is 2.14. The molecule has 110 valence electrons. The van der Waals surface area contributed by atoms with Crippen molar-refractivity contribution in [3.63, 3.8) is 0 Å². The first-order valence-electron chi connectivity index (χ1n) is 6.78. The highest BCUT2D eigenvalue weighted by molar-refractivity contribution is 6.17. The normalized spacial score (nSPS) is 10.7. The Bertz CT molecular complexity index is 626. The molecule has 0 spiro atoms. The van der Waals surface area contributed by atoms with Gasteiger partial charge >= 0.3 is 0 Å². The van der Waals surface area contributed by atoms with Crippen LogP contribution in [0.4, 0.5) is 5.69 Å². The molecule has 0 aromatic heterocycles. The predicted octanol–water partition coefficient (Wildman–Crippen LogP) is 3.74. The van der Waals surface area contributed by atoms with Crippen LogP contribution in [-0.2, 0) is 12.4 Å². The summed E-state index contributed by atoms with van der Waals surface area (Å²) in [4.78, 5) is 14.3. The summed E-state index contributed by atoms with van der Waals surface area (Å²) in [5.74, 6) is 0.281. The van der Waals surface area contributed by atoms with Crippen molar-refractivity contribution in [2.45, 2.75) is 12.4 Å². The second kappa shape index (κ2) is 7.25. The molecule has 1 N–H and O–H groups in total. The van der Waals surface area contributed by atoms with Crippen LogP contribution in [0, 0.1) is 0 Å². The zero-order valence-electron chi connectivity index (χ0n) is 12.3. The van der Waals surface area contributed by atoms with E-state index < -0.39 is 0 Å². The Morgan fingerprint density at radius 2 is 1.81 bits per heavy atom. The number of nitrogens with one attached hydrogen (secondary N) is 1. The highest BCUT2D eigenvalue weighted by Gasteiger charge is 2.07. The number of amides is 1. The Labute approximate surface area is 130 Å². The van der Waals surface area contributed by atoms with Gasteiger partial charge in [-0.25, -0.2) is 0 Å². The number of hydrogen-bond donors (Lipinski definition) is 1. The van der Waals surface area contributed by atoms with Crippen molar-refractivity contribution in [3.8, 4) is 0 Å². The average molecular weight is 303 g/mol. The van der Waals surface area contributed by atoms with Crippen LogP contribution in [0.5, 0.6) is 0 Å². The van der Waals surface area contributed by atoms with E-state index in [2.05, 4.69) is 10.2 Å². The zero-order chi connectivity index (χ0) is 15.2. The first-order chi connectivity index (χ1) is 10.1. The van der Waals surface area contributed by atoms with Crippen molar-refractivity contribution in [1.82, 2.24) is 4.90 Å². The summed E-state index contributed by atoms with van der Waals surface area (Å²) in [5, 5.41) is 2.92. The van der Waals surface area contributed by atoms with E-state index in [9.17, 15) is 4.79 Å². The van der Waals surface area contributed by atoms with Gasteiger partial charge in [-0.3, -0.25) is 4.79 Å². The van der Waals surface area contributed by atoms with Crippen molar-refractivity contribution in [2.24, 2.45) is 0 Å². The zero-order valence-corrected chi connectivity index (χ0v) is 13.0. The molecule has 21 heavy (non-hydrogen) atoms. The number of benzene rings is 2. The molecule has 0 bridgehead atoms. The number of carbonyl (C=O) groups excluding carboxylic acids is 1. The Balaban J connectivity index is 2.11. The van der Waals surface area contributed by atoms with Gasteiger partial charge in [-0.1, -0.05) is 24.3 Å². The largest absolute Gasteiger partial charge is 0.322 e. The fourth-order valence-corrected chi connectivity index (χ4v) is 2.28. The van der Waals surface area contributed by atoms with Crippen LogP contribution in [0.2, 0.25) is 0 Å². The van der Waals surface area contributed by atoms with Crippen LogP contribution >= 0.6 is 11.6 Å². The van der Waals surface area contributed by atoms with Gasteiger partial charge in [0.15, 0.2) is 0 Å². The van der Waals surface area contributed by atoms with E-state index in [1.807, 2.05) is 56.6 Å². The van der Waals surface area contributed by atoms with E-state index in [1.54, 1.807) is 6.07 Å². The number of carbonyl (C=O) groups is 1. The maximum absolute atomic E-state index is 12.3. The Kier molecular flexibility index (Phi) is 5.37. The lowest BCUT2D eigenvalue weighted by molar-refractivity contribution is 0.102. The topological polar surface area (TPSA) is 32.3 Å². The van der Waals surface area contributed by atoms with E-state index in [0.717, 1.165) is 23.4 Å². The van der Waals surface area contributed by atoms with Crippen molar-refractivity contribution in [3.05, 3.63) is 65.2 Å². The summed E-state index contributed by atoms with van der Waals surface area (Å²) in [5.41, 5.74) is 3.51. The molecule has 0 saturated heterocycles. The molecule has 2 aromatic rings. The summed E-state index contributed by atoms with van der Waals surface area (Å²) < 4.78 is 0. The van der Waals surface area contributed by atoms with Gasteiger partial charge in [0, 0.05) is 23.7 Å². The Hall–Kier alpha value is -1.84. The van der Waals surface area contributed by atoms with Gasteiger partial charge < -0.3 is 10.2 Å². The van der Waals surface area contributed by atoms with Crippen LogP contribution in [0.15, 0.2) is 48.5 Å². The number of hydrogen-bond acceptors (Lipinski definition) is 2. The summed E-state index contributed by atoms with van der Waals surface area (Å²) >= 11 is 5.80. The van der Waals surface area contributed by atoms with Gasteiger partial charge in [0.1, 0.15) is 0 Å². The SMILES string of the molecule is CN(C)Cc1cccc(NC(=O)c2cccc(CCl)c2)c1. The van der Waals surface area contributed by atoms with Gasteiger partial charge in [0.2, 0.25) is 0 Å². The molecule has 0 atom stereocenters. The minimum atomic E-state index is -0.121. The van der Waals surface area contributed by atoms with Crippen LogP contribution in [0.3, 0.4) is 0 Å². The van der Waals surface area contributed by atoms with E-state index in [4.69, 9.17) is 11.6 Å². The molecule has 0 aliphatic heterocycles. The van der Waals surface area contributed by atoms with Crippen LogP contribution in [-0.4, -0.2) is 24.9 Å². The van der Waals surface area contributed by atoms with Crippen molar-refractivity contribution in [2.75, 3.05) is 19.4 Å². The first kappa shape index (κ1) is 15.5. The van der Waals surface area contributed by atoms with Gasteiger partial charge in [-0.15, -0.1) is 11.6 Å². The van der Waals surface area contributed by atoms with Crippen molar-refractivity contribution < 1.29 is 4.79 Å². The molecule has 0 heterocycles. The summed E-state index contributed by atoms with van der Waals surface area (Å²) in [7, 11) is 4.03. The Morgan fingerprint density at radius 3 is 2.52 bits per heavy atom. The highest BCUT2D eigenvalue weighted by atomic mass is 35.5. The summed E-state index contributed by atoms with van der Waals surface area (Å²) in [6, 6.07) is 15.2. The van der Waals surface area contributed by atoms with E-state index in [1.165, 1.54) is 0 Å². The predicted molar refractivity (Wildman–Crippen MR) is 87.8 cm³/mol. The van der Waals surface area contributed by atoms with E-state index >= 15 is 0 Å². The molecule has 0 unspecified atom stereocenters. The van der Waals surface area contributed by atoms with Crippen LogP contribution in [0.25, 0.3) is 0 Å². The van der Waals surface area contributed by atoms with Gasteiger partial charge in [0.25, 0.3) is 5.91 Å². The third-order valence-electron chi connectivity index (χ3n) is 3.03. The molecule has 0 aliphatic carbocycles. The van der Waals surface area contributed by atoms with Crippen molar-refractivity contribution in [1.29, 1.82) is 0 Å². The van der Waals surface area contributed by atoms with Gasteiger partial charge in [-0.2, -0.15) is 0 Å². The van der Waals surface area contributed by atoms with Crippen molar-refractivity contribution >= 4 is 23.2 Å². The molecule has 3 nitrogen and oxygen atoms in total. The summed E-state index contributed by atoms with van der Waals surface area (Å²) in [6.07, 6.45) is 0. The van der Waals surface area contributed by atoms with E-state index in [0.29, 0.717) is 11.4 Å². The average Bonchev–Trinajstić information content (AvgIpc) is 2.47. The van der Waals surface area contributed by atoms with E-state index in [-0.39, 0.29) is 5.91 Å². The fourth-order valence-electron chi connectivity index (χ4n) is 2.11. The Morgan fingerprint density at radius 1 is 1.10 bits per heavy atom. The van der Waals surface area contributed by atoms with Gasteiger partial charge in [0.05, 0.1) is 0 Å². The second-order valence-corrected chi connectivity index (χ2v) is 5.49. The smallest absolute Gasteiger partial charge is 0.255 e. The third kappa shape index (κ3) is 4.59. The molecular weight excluding hydrogens is 284 g/mol. The second-order valence-electron chi connectivity index (χ2n) is 5.23. The quantitative estimate of drug-likeness (QED) is 0.853. The lowest BCUT2D eigenvalue weighted by atomic mass is 10.1. The number of alkyl halides is 1. The lowest BCUT2D eigenvalue weighted by Crippen LogP contribution is -2.13. The molecule has 4 heteroatoms. The minimum Gasteiger partial charge on any atom is -0.322 e. The van der Waals surface area contributed by atoms with Crippen LogP contribution < -0.4 is 5.32 Å². The minimum absolute atomic E-state index is 0.121. The molecule has 0 saturated carbocycles. The lowest BCUT2D eigenvalue weighted by Gasteiger charge is -2.11. The molecule has 1 amide bonds. The standard InChI is InChI=1S/C17H19ClN2O/c1-20(2)12-14-6-4-8-16(10-14)19-17(21)15-7-3-5-13(9-15)11-18/h3-10H,11-12H2,1-2H3,(H,19,21). The number of halogens is 1. The molecule has 0 fully saturated rings. The number of nitrogens with zero attached hydrogens (tertiary/aromatic N) is 1. The van der Waals surface area contributed by atoms with Gasteiger partial charge in [-0.05, 0) is 49.5 Å². The monoisotopic (exact) mass is 302 g/mol. The summed E-state index contributed by atoms with van der Waals surface area (Å²) in [6.45, 7) is 0.839.